The van der Waals surface area contributed by atoms with Crippen LogP contribution in [0.4, 0.5) is 4.79 Å². The van der Waals surface area contributed by atoms with Gasteiger partial charge in [0.2, 0.25) is 0 Å². The number of ether oxygens (including phenoxy) is 1. The molecule has 6 heteroatoms. The molecule has 0 atom stereocenters. The second-order valence-corrected chi connectivity index (χ2v) is 6.26. The molecule has 0 bridgehead atoms. The van der Waals surface area contributed by atoms with Crippen molar-refractivity contribution >= 4 is 35.1 Å². The zero-order valence-electron chi connectivity index (χ0n) is 9.55. The smallest absolute Gasteiger partial charge is 0.410 e. The molecule has 0 aromatic heterocycles. The molecule has 1 rings (SSSR count). The van der Waals surface area contributed by atoms with Gasteiger partial charge in [0.25, 0.3) is 0 Å². The lowest BCUT2D eigenvalue weighted by Gasteiger charge is -2.34. The number of carbonyl (C=O) groups excluding carboxylic acids is 2. The highest BCUT2D eigenvalue weighted by atomic mass is 35.5. The van der Waals surface area contributed by atoms with Gasteiger partial charge >= 0.3 is 6.09 Å². The van der Waals surface area contributed by atoms with Crippen molar-refractivity contribution in [2.75, 3.05) is 13.1 Å². The van der Waals surface area contributed by atoms with Crippen molar-refractivity contribution in [1.29, 1.82) is 0 Å². The number of ketones is 1. The van der Waals surface area contributed by atoms with Crippen LogP contribution in [-0.2, 0) is 9.53 Å². The predicted molar refractivity (Wildman–Crippen MR) is 61.9 cm³/mol. The first-order chi connectivity index (χ1) is 7.12. The molecule has 0 aliphatic carbocycles. The number of hydrogen-bond acceptors (Lipinski definition) is 3. The number of nitrogens with zero attached hydrogens (tertiary/aromatic N) is 1. The van der Waals surface area contributed by atoms with Gasteiger partial charge in [0, 0.05) is 13.0 Å². The SMILES string of the molecule is CC(C)(C)OC(=O)N1CCC(=O)C(Cl)(Cl)C1. The van der Waals surface area contributed by atoms with Gasteiger partial charge in [-0.3, -0.25) is 4.79 Å². The molecule has 0 radical (unpaired) electrons. The number of halogens is 2. The van der Waals surface area contributed by atoms with Crippen LogP contribution in [0.3, 0.4) is 0 Å². The molecule has 1 fully saturated rings. The Kier molecular flexibility index (Phi) is 3.75. The molecule has 0 aromatic rings. The maximum Gasteiger partial charge on any atom is 0.410 e. The highest BCUT2D eigenvalue weighted by Crippen LogP contribution is 2.29. The summed E-state index contributed by atoms with van der Waals surface area (Å²) in [5.41, 5.74) is -0.570. The van der Waals surface area contributed by atoms with Gasteiger partial charge in [-0.1, -0.05) is 23.2 Å². The Labute approximate surface area is 105 Å². The lowest BCUT2D eigenvalue weighted by atomic mass is 10.1. The van der Waals surface area contributed by atoms with E-state index < -0.39 is 16.0 Å². The molecule has 1 amide bonds. The lowest BCUT2D eigenvalue weighted by molar-refractivity contribution is -0.122. The first kappa shape index (κ1) is 13.6. The summed E-state index contributed by atoms with van der Waals surface area (Å²) >= 11 is 11.6. The number of rotatable bonds is 0. The van der Waals surface area contributed by atoms with Crippen LogP contribution in [0.5, 0.6) is 0 Å². The Hall–Kier alpha value is -0.480. The molecule has 1 aliphatic heterocycles. The van der Waals surface area contributed by atoms with Gasteiger partial charge in [0.15, 0.2) is 10.1 Å². The van der Waals surface area contributed by atoms with Crippen LogP contribution < -0.4 is 0 Å². The van der Waals surface area contributed by atoms with E-state index in [9.17, 15) is 9.59 Å². The van der Waals surface area contributed by atoms with Gasteiger partial charge in [-0.15, -0.1) is 0 Å². The summed E-state index contributed by atoms with van der Waals surface area (Å²) in [5, 5.41) is 0. The van der Waals surface area contributed by atoms with Crippen molar-refractivity contribution in [3.8, 4) is 0 Å². The van der Waals surface area contributed by atoms with Crippen molar-refractivity contribution in [1.82, 2.24) is 4.90 Å². The Morgan fingerprint density at radius 3 is 2.44 bits per heavy atom. The summed E-state index contributed by atoms with van der Waals surface area (Å²) in [6, 6.07) is 0. The van der Waals surface area contributed by atoms with E-state index in [1.54, 1.807) is 20.8 Å². The highest BCUT2D eigenvalue weighted by molar-refractivity contribution is 6.58. The maximum absolute atomic E-state index is 11.7. The first-order valence-electron chi connectivity index (χ1n) is 5.01. The second kappa shape index (κ2) is 4.41. The van der Waals surface area contributed by atoms with Crippen LogP contribution in [0.2, 0.25) is 0 Å². The molecule has 0 aromatic carbocycles. The quantitative estimate of drug-likeness (QED) is 0.633. The summed E-state index contributed by atoms with van der Waals surface area (Å²) in [6.07, 6.45) is -0.336. The Morgan fingerprint density at radius 2 is 2.00 bits per heavy atom. The average molecular weight is 268 g/mol. The van der Waals surface area contributed by atoms with Crippen molar-refractivity contribution in [3.05, 3.63) is 0 Å². The summed E-state index contributed by atoms with van der Waals surface area (Å²) in [5.74, 6) is -0.254. The Morgan fingerprint density at radius 1 is 1.44 bits per heavy atom. The third kappa shape index (κ3) is 3.52. The third-order valence-electron chi connectivity index (χ3n) is 2.06. The van der Waals surface area contributed by atoms with Gasteiger partial charge in [0.1, 0.15) is 5.60 Å². The van der Waals surface area contributed by atoms with Crippen LogP contribution >= 0.6 is 23.2 Å². The molecule has 0 N–H and O–H groups in total. The summed E-state index contributed by atoms with van der Waals surface area (Å²) in [6.45, 7) is 5.59. The van der Waals surface area contributed by atoms with Crippen LogP contribution in [0.1, 0.15) is 27.2 Å². The van der Waals surface area contributed by atoms with Gasteiger partial charge in [-0.2, -0.15) is 0 Å². The number of amides is 1. The number of Topliss-reactive ketones (excluding diaryl/α,β-unsaturated/α-hetero) is 1. The molecule has 0 unspecified atom stereocenters. The number of likely N-dealkylation sites (tertiary alicyclic amines) is 1. The number of hydrogen-bond donors (Lipinski definition) is 0. The van der Waals surface area contributed by atoms with Crippen LogP contribution in [0.15, 0.2) is 0 Å². The summed E-state index contributed by atoms with van der Waals surface area (Å²) in [4.78, 5) is 24.4. The van der Waals surface area contributed by atoms with E-state index in [-0.39, 0.29) is 18.7 Å². The minimum absolute atomic E-state index is 0.0240. The van der Waals surface area contributed by atoms with Crippen LogP contribution in [0, 0.1) is 0 Å². The van der Waals surface area contributed by atoms with Crippen LogP contribution in [0.25, 0.3) is 0 Å². The van der Waals surface area contributed by atoms with E-state index in [2.05, 4.69) is 0 Å². The van der Waals surface area contributed by atoms with E-state index in [4.69, 9.17) is 27.9 Å². The number of piperidine rings is 1. The molecule has 0 saturated carbocycles. The highest BCUT2D eigenvalue weighted by Gasteiger charge is 2.41. The molecule has 1 heterocycles. The maximum atomic E-state index is 11.7. The summed E-state index contributed by atoms with van der Waals surface area (Å²) in [7, 11) is 0. The third-order valence-corrected chi connectivity index (χ3v) is 2.72. The minimum atomic E-state index is -1.50. The topological polar surface area (TPSA) is 46.6 Å². The zero-order chi connectivity index (χ0) is 12.6. The number of alkyl halides is 2. The van der Waals surface area contributed by atoms with Crippen molar-refractivity contribution in [2.45, 2.75) is 37.1 Å². The lowest BCUT2D eigenvalue weighted by Crippen LogP contribution is -2.51. The fourth-order valence-corrected chi connectivity index (χ4v) is 1.79. The molecule has 92 valence electrons. The molecule has 16 heavy (non-hydrogen) atoms. The van der Waals surface area contributed by atoms with E-state index in [1.165, 1.54) is 4.90 Å². The standard InChI is InChI=1S/C10H15Cl2NO3/c1-9(2,3)16-8(15)13-5-4-7(14)10(11,12)6-13/h4-6H2,1-3H3. The van der Waals surface area contributed by atoms with Gasteiger partial charge in [-0.05, 0) is 20.8 Å². The molecule has 4 nitrogen and oxygen atoms in total. The average Bonchev–Trinajstić information content (AvgIpc) is 2.06. The van der Waals surface area contributed by atoms with E-state index in [0.29, 0.717) is 6.54 Å². The van der Waals surface area contributed by atoms with Crippen molar-refractivity contribution in [2.24, 2.45) is 0 Å². The zero-order valence-corrected chi connectivity index (χ0v) is 11.1. The van der Waals surface area contributed by atoms with E-state index in [1.807, 2.05) is 0 Å². The number of carbonyl (C=O) groups is 2. The van der Waals surface area contributed by atoms with Crippen molar-refractivity contribution in [3.63, 3.8) is 0 Å². The van der Waals surface area contributed by atoms with Gasteiger partial charge < -0.3 is 9.64 Å². The normalized spacial score (nSPS) is 20.8. The fraction of sp³-hybridized carbons (Fsp3) is 0.800. The van der Waals surface area contributed by atoms with Crippen LogP contribution in [-0.4, -0.2) is 39.8 Å². The van der Waals surface area contributed by atoms with Gasteiger partial charge in [-0.25, -0.2) is 4.79 Å². The molecule has 1 aliphatic rings. The predicted octanol–water partition coefficient (Wildman–Crippen LogP) is 2.37. The monoisotopic (exact) mass is 267 g/mol. The molecular formula is C10H15Cl2NO3. The molecule has 0 spiro atoms. The first-order valence-corrected chi connectivity index (χ1v) is 5.76. The van der Waals surface area contributed by atoms with E-state index >= 15 is 0 Å². The Balaban J connectivity index is 2.63. The van der Waals surface area contributed by atoms with Gasteiger partial charge in [0.05, 0.1) is 6.54 Å². The second-order valence-electron chi connectivity index (χ2n) is 4.78. The van der Waals surface area contributed by atoms with E-state index in [0.717, 1.165) is 0 Å². The minimum Gasteiger partial charge on any atom is -0.444 e. The molecule has 1 saturated heterocycles. The van der Waals surface area contributed by atoms with Crippen molar-refractivity contribution < 1.29 is 14.3 Å². The fourth-order valence-electron chi connectivity index (χ4n) is 1.31. The summed E-state index contributed by atoms with van der Waals surface area (Å²) < 4.78 is 3.66. The Bertz CT molecular complexity index is 310. The largest absolute Gasteiger partial charge is 0.444 e. The molecular weight excluding hydrogens is 253 g/mol.